The molecule has 0 aliphatic heterocycles. The molecule has 22 heavy (non-hydrogen) atoms. The zero-order chi connectivity index (χ0) is 16.9. The van der Waals surface area contributed by atoms with Crippen LogP contribution in [-0.2, 0) is 4.79 Å². The number of nitrogens with one attached hydrogen (secondary N) is 1. The van der Waals surface area contributed by atoms with Crippen molar-refractivity contribution in [2.24, 2.45) is 5.92 Å². The van der Waals surface area contributed by atoms with Gasteiger partial charge in [-0.3, -0.25) is 4.79 Å². The largest absolute Gasteiger partial charge is 0.471 e. The van der Waals surface area contributed by atoms with Crippen molar-refractivity contribution >= 4 is 11.6 Å². The van der Waals surface area contributed by atoms with Gasteiger partial charge in [0.15, 0.2) is 0 Å². The highest BCUT2D eigenvalue weighted by Gasteiger charge is 2.38. The molecule has 1 N–H and O–H groups in total. The second-order valence-corrected chi connectivity index (χ2v) is 5.83. The average molecular weight is 316 g/mol. The molecule has 3 nitrogen and oxygen atoms in total. The van der Waals surface area contributed by atoms with Crippen LogP contribution in [0.3, 0.4) is 0 Å². The number of hydrogen-bond acceptors (Lipinski definition) is 2. The van der Waals surface area contributed by atoms with Crippen LogP contribution in [0.4, 0.5) is 18.9 Å². The molecule has 2 atom stereocenters. The maximum Gasteiger partial charge on any atom is 0.471 e. The van der Waals surface area contributed by atoms with Crippen LogP contribution in [0.5, 0.6) is 0 Å². The van der Waals surface area contributed by atoms with Gasteiger partial charge < -0.3 is 10.2 Å². The van der Waals surface area contributed by atoms with Gasteiger partial charge >= 0.3 is 12.1 Å². The van der Waals surface area contributed by atoms with E-state index in [1.807, 2.05) is 25.5 Å². The minimum absolute atomic E-state index is 0.176. The minimum Gasteiger partial charge on any atom is -0.318 e. The molecule has 1 aromatic rings. The lowest BCUT2D eigenvalue weighted by molar-refractivity contribution is -0.167. The Morgan fingerprint density at radius 2 is 1.95 bits per heavy atom. The van der Waals surface area contributed by atoms with Gasteiger partial charge in [-0.2, -0.15) is 13.2 Å². The number of nitrogens with zero attached hydrogens (tertiary/aromatic N) is 1. The van der Waals surface area contributed by atoms with Gasteiger partial charge in [-0.15, -0.1) is 0 Å². The van der Waals surface area contributed by atoms with Gasteiger partial charge in [-0.25, -0.2) is 0 Å². The van der Waals surface area contributed by atoms with Gasteiger partial charge in [0.25, 0.3) is 0 Å². The van der Waals surface area contributed by atoms with E-state index in [4.69, 9.17) is 0 Å². The molecule has 0 heterocycles. The number of carbonyl (C=O) groups excluding carboxylic acids is 1. The third-order valence-electron chi connectivity index (χ3n) is 3.61. The van der Waals surface area contributed by atoms with E-state index in [-0.39, 0.29) is 11.6 Å². The summed E-state index contributed by atoms with van der Waals surface area (Å²) in [5.41, 5.74) is 1.12. The van der Waals surface area contributed by atoms with E-state index < -0.39 is 12.1 Å². The van der Waals surface area contributed by atoms with E-state index in [2.05, 4.69) is 18.7 Å². The standard InChI is InChI=1S/C16H23F3N2O/c1-5-14(11(2)10-21(3)4)12-7-6-8-13(9-12)20-15(22)16(17,18)19/h6-9,11,14H,5,10H2,1-4H3,(H,20,22)/t11-,14-/m0/s1. The van der Waals surface area contributed by atoms with Crippen LogP contribution in [0.2, 0.25) is 0 Å². The van der Waals surface area contributed by atoms with Crippen molar-refractivity contribution in [1.82, 2.24) is 4.90 Å². The van der Waals surface area contributed by atoms with E-state index in [9.17, 15) is 18.0 Å². The molecule has 0 saturated heterocycles. The lowest BCUT2D eigenvalue weighted by Crippen LogP contribution is -2.30. The first-order valence-corrected chi connectivity index (χ1v) is 7.28. The first-order valence-electron chi connectivity index (χ1n) is 7.28. The Hall–Kier alpha value is -1.56. The first kappa shape index (κ1) is 18.5. The molecular weight excluding hydrogens is 293 g/mol. The van der Waals surface area contributed by atoms with Gasteiger partial charge in [0.2, 0.25) is 0 Å². The van der Waals surface area contributed by atoms with Crippen molar-refractivity contribution in [2.45, 2.75) is 32.4 Å². The SMILES string of the molecule is CC[C@H](c1cccc(NC(=O)C(F)(F)F)c1)[C@@H](C)CN(C)C. The molecule has 6 heteroatoms. The molecule has 0 radical (unpaired) electrons. The third-order valence-corrected chi connectivity index (χ3v) is 3.61. The summed E-state index contributed by atoms with van der Waals surface area (Å²) in [6, 6.07) is 6.66. The van der Waals surface area contributed by atoms with Crippen LogP contribution in [0.25, 0.3) is 0 Å². The number of carbonyl (C=O) groups is 1. The number of halogens is 3. The molecule has 1 aromatic carbocycles. The maximum atomic E-state index is 12.3. The summed E-state index contributed by atoms with van der Waals surface area (Å²) >= 11 is 0. The normalized spacial score (nSPS) is 14.7. The highest BCUT2D eigenvalue weighted by Crippen LogP contribution is 2.30. The fraction of sp³-hybridized carbons (Fsp3) is 0.562. The van der Waals surface area contributed by atoms with E-state index >= 15 is 0 Å². The van der Waals surface area contributed by atoms with Crippen molar-refractivity contribution in [3.8, 4) is 0 Å². The third kappa shape index (κ3) is 5.33. The number of rotatable bonds is 6. The number of hydrogen-bond donors (Lipinski definition) is 1. The predicted molar refractivity (Wildman–Crippen MR) is 81.9 cm³/mol. The lowest BCUT2D eigenvalue weighted by Gasteiger charge is -2.26. The molecule has 0 aliphatic rings. The zero-order valence-electron chi connectivity index (χ0n) is 13.4. The van der Waals surface area contributed by atoms with Crippen LogP contribution in [0, 0.1) is 5.92 Å². The summed E-state index contributed by atoms with van der Waals surface area (Å²) in [6.45, 7) is 5.06. The molecule has 0 bridgehead atoms. The Bertz CT molecular complexity index is 500. The summed E-state index contributed by atoms with van der Waals surface area (Å²) in [6.07, 6.45) is -4.00. The number of amides is 1. The van der Waals surface area contributed by atoms with E-state index in [0.29, 0.717) is 5.92 Å². The Balaban J connectivity index is 2.92. The molecule has 0 saturated carbocycles. The molecular formula is C16H23F3N2O. The number of anilines is 1. The van der Waals surface area contributed by atoms with Crippen molar-refractivity contribution in [3.63, 3.8) is 0 Å². The molecule has 0 aromatic heterocycles. The van der Waals surface area contributed by atoms with Gasteiger partial charge in [0.05, 0.1) is 0 Å². The molecule has 1 amide bonds. The summed E-state index contributed by atoms with van der Waals surface area (Å²) in [7, 11) is 3.98. The Kier molecular flexibility index (Phi) is 6.41. The Morgan fingerprint density at radius 3 is 2.45 bits per heavy atom. The van der Waals surface area contributed by atoms with Crippen molar-refractivity contribution in [2.75, 3.05) is 26.0 Å². The summed E-state index contributed by atoms with van der Waals surface area (Å²) < 4.78 is 36.9. The molecule has 124 valence electrons. The maximum absolute atomic E-state index is 12.3. The topological polar surface area (TPSA) is 32.3 Å². The number of alkyl halides is 3. The second-order valence-electron chi connectivity index (χ2n) is 5.83. The van der Waals surface area contributed by atoms with Crippen LogP contribution in [0.15, 0.2) is 24.3 Å². The highest BCUT2D eigenvalue weighted by atomic mass is 19.4. The quantitative estimate of drug-likeness (QED) is 0.864. The number of benzene rings is 1. The molecule has 1 rings (SSSR count). The van der Waals surface area contributed by atoms with Gasteiger partial charge in [-0.05, 0) is 50.0 Å². The van der Waals surface area contributed by atoms with Gasteiger partial charge in [-0.1, -0.05) is 26.0 Å². The van der Waals surface area contributed by atoms with Crippen LogP contribution < -0.4 is 5.32 Å². The zero-order valence-corrected chi connectivity index (χ0v) is 13.4. The van der Waals surface area contributed by atoms with Crippen LogP contribution in [0.1, 0.15) is 31.7 Å². The smallest absolute Gasteiger partial charge is 0.318 e. The Labute approximate surface area is 129 Å². The van der Waals surface area contributed by atoms with Gasteiger partial charge in [0.1, 0.15) is 0 Å². The van der Waals surface area contributed by atoms with E-state index in [1.165, 1.54) is 6.07 Å². The minimum atomic E-state index is -4.88. The van der Waals surface area contributed by atoms with Crippen LogP contribution in [-0.4, -0.2) is 37.6 Å². The molecule has 0 fully saturated rings. The fourth-order valence-electron chi connectivity index (χ4n) is 2.72. The second kappa shape index (κ2) is 7.63. The summed E-state index contributed by atoms with van der Waals surface area (Å²) in [5.74, 6) is -1.36. The van der Waals surface area contributed by atoms with Crippen LogP contribution >= 0.6 is 0 Å². The van der Waals surface area contributed by atoms with E-state index in [1.54, 1.807) is 12.1 Å². The van der Waals surface area contributed by atoms with Crippen molar-refractivity contribution in [3.05, 3.63) is 29.8 Å². The lowest BCUT2D eigenvalue weighted by atomic mass is 9.84. The summed E-state index contributed by atoms with van der Waals surface area (Å²) in [5, 5.41) is 1.91. The Morgan fingerprint density at radius 1 is 1.32 bits per heavy atom. The highest BCUT2D eigenvalue weighted by molar-refractivity contribution is 5.94. The molecule has 0 unspecified atom stereocenters. The van der Waals surface area contributed by atoms with E-state index in [0.717, 1.165) is 18.5 Å². The fourth-order valence-corrected chi connectivity index (χ4v) is 2.72. The van der Waals surface area contributed by atoms with Gasteiger partial charge in [0, 0.05) is 12.2 Å². The monoisotopic (exact) mass is 316 g/mol. The summed E-state index contributed by atoms with van der Waals surface area (Å²) in [4.78, 5) is 13.1. The predicted octanol–water partition coefficient (Wildman–Crippen LogP) is 3.88. The molecule has 0 aliphatic carbocycles. The average Bonchev–Trinajstić information content (AvgIpc) is 2.38. The van der Waals surface area contributed by atoms with Crippen molar-refractivity contribution in [1.29, 1.82) is 0 Å². The first-order chi connectivity index (χ1) is 10.1. The molecule has 0 spiro atoms. The van der Waals surface area contributed by atoms with Crippen molar-refractivity contribution < 1.29 is 18.0 Å².